The normalized spacial score (nSPS) is 16.6. The van der Waals surface area contributed by atoms with Crippen molar-refractivity contribution >= 4 is 17.2 Å². The monoisotopic (exact) mass is 290 g/mol. The van der Waals surface area contributed by atoms with Gasteiger partial charge in [-0.25, -0.2) is 4.98 Å². The fourth-order valence-electron chi connectivity index (χ4n) is 2.55. The van der Waals surface area contributed by atoms with Crippen molar-refractivity contribution in [3.8, 4) is 0 Å². The average Bonchev–Trinajstić information content (AvgIpc) is 3.18. The number of thiophene rings is 1. The van der Waals surface area contributed by atoms with Crippen LogP contribution in [0, 0.1) is 0 Å². The number of nitrogens with zero attached hydrogens (tertiary/aromatic N) is 3. The summed E-state index contributed by atoms with van der Waals surface area (Å²) in [6, 6.07) is 3.81. The number of rotatable bonds is 3. The van der Waals surface area contributed by atoms with Crippen LogP contribution in [0.2, 0.25) is 0 Å². The van der Waals surface area contributed by atoms with Gasteiger partial charge < -0.3 is 4.90 Å². The second-order valence-corrected chi connectivity index (χ2v) is 5.99. The Labute approximate surface area is 122 Å². The molecule has 1 fully saturated rings. The van der Waals surface area contributed by atoms with Crippen LogP contribution < -0.4 is 0 Å². The quantitative estimate of drug-likeness (QED) is 0.944. The van der Waals surface area contributed by atoms with Crippen molar-refractivity contribution in [2.24, 2.45) is 0 Å². The molecule has 0 saturated carbocycles. The maximum Gasteiger partial charge on any atom is 0.263 e. The lowest BCUT2D eigenvalue weighted by Gasteiger charge is -2.30. The van der Waals surface area contributed by atoms with Crippen molar-refractivity contribution in [1.29, 1.82) is 0 Å². The molecule has 0 atom stereocenters. The Morgan fingerprint density at radius 2 is 2.30 bits per heavy atom. The van der Waals surface area contributed by atoms with Gasteiger partial charge in [0.15, 0.2) is 5.82 Å². The number of hydrogen-bond donors (Lipinski definition) is 1. The third-order valence-corrected chi connectivity index (χ3v) is 4.62. The number of likely N-dealkylation sites (tertiary alicyclic amines) is 1. The zero-order chi connectivity index (χ0) is 13.9. The van der Waals surface area contributed by atoms with Crippen LogP contribution in [0.3, 0.4) is 0 Å². The van der Waals surface area contributed by atoms with E-state index in [4.69, 9.17) is 0 Å². The molecule has 1 saturated heterocycles. The van der Waals surface area contributed by atoms with E-state index in [0.717, 1.165) is 48.9 Å². The van der Waals surface area contributed by atoms with Crippen LogP contribution in [0.25, 0.3) is 0 Å². The molecule has 1 aliphatic heterocycles. The lowest BCUT2D eigenvalue weighted by atomic mass is 9.96. The fourth-order valence-corrected chi connectivity index (χ4v) is 3.24. The molecule has 6 heteroatoms. The number of aromatic amines is 1. The first-order chi connectivity index (χ1) is 9.78. The molecule has 0 radical (unpaired) electrons. The summed E-state index contributed by atoms with van der Waals surface area (Å²) < 4.78 is 0. The lowest BCUT2D eigenvalue weighted by Crippen LogP contribution is -2.37. The Hall–Kier alpha value is -1.69. The van der Waals surface area contributed by atoms with Crippen molar-refractivity contribution in [3.63, 3.8) is 0 Å². The summed E-state index contributed by atoms with van der Waals surface area (Å²) in [5.74, 6) is 2.38. The van der Waals surface area contributed by atoms with Crippen LogP contribution in [-0.2, 0) is 6.42 Å². The molecule has 1 aliphatic rings. The summed E-state index contributed by atoms with van der Waals surface area (Å²) in [5.41, 5.74) is 0. The van der Waals surface area contributed by atoms with Crippen molar-refractivity contribution in [2.75, 3.05) is 13.1 Å². The molecular weight excluding hydrogens is 272 g/mol. The topological polar surface area (TPSA) is 61.9 Å². The van der Waals surface area contributed by atoms with Crippen molar-refractivity contribution in [2.45, 2.75) is 32.1 Å². The molecule has 5 nitrogen and oxygen atoms in total. The Bertz CT molecular complexity index is 570. The van der Waals surface area contributed by atoms with Gasteiger partial charge in [-0.05, 0) is 24.3 Å². The molecule has 20 heavy (non-hydrogen) atoms. The first kappa shape index (κ1) is 13.3. The van der Waals surface area contributed by atoms with E-state index >= 15 is 0 Å². The number of nitrogens with one attached hydrogen (secondary N) is 1. The number of piperidine rings is 1. The van der Waals surface area contributed by atoms with Gasteiger partial charge in [0.2, 0.25) is 0 Å². The Balaban J connectivity index is 1.60. The summed E-state index contributed by atoms with van der Waals surface area (Å²) >= 11 is 1.51. The molecule has 0 aliphatic carbocycles. The highest BCUT2D eigenvalue weighted by atomic mass is 32.1. The van der Waals surface area contributed by atoms with Crippen LogP contribution in [-0.4, -0.2) is 39.1 Å². The molecule has 0 bridgehead atoms. The Morgan fingerprint density at radius 3 is 2.90 bits per heavy atom. The summed E-state index contributed by atoms with van der Waals surface area (Å²) in [5, 5.41) is 9.21. The van der Waals surface area contributed by atoms with E-state index in [9.17, 15) is 4.79 Å². The Morgan fingerprint density at radius 1 is 1.50 bits per heavy atom. The number of aromatic nitrogens is 3. The van der Waals surface area contributed by atoms with E-state index in [-0.39, 0.29) is 5.91 Å². The summed E-state index contributed by atoms with van der Waals surface area (Å²) in [4.78, 5) is 19.5. The molecule has 2 aromatic heterocycles. The van der Waals surface area contributed by atoms with Gasteiger partial charge >= 0.3 is 0 Å². The van der Waals surface area contributed by atoms with Crippen LogP contribution in [0.15, 0.2) is 17.5 Å². The average molecular weight is 290 g/mol. The molecular formula is C14H18N4OS. The molecule has 0 unspecified atom stereocenters. The molecule has 2 aromatic rings. The van der Waals surface area contributed by atoms with Crippen molar-refractivity contribution in [3.05, 3.63) is 34.0 Å². The van der Waals surface area contributed by atoms with Gasteiger partial charge in [-0.15, -0.1) is 11.3 Å². The van der Waals surface area contributed by atoms with Gasteiger partial charge in [0, 0.05) is 25.4 Å². The summed E-state index contributed by atoms with van der Waals surface area (Å²) in [6.45, 7) is 3.64. The second kappa shape index (κ2) is 5.75. The number of amides is 1. The highest BCUT2D eigenvalue weighted by Crippen LogP contribution is 2.26. The third kappa shape index (κ3) is 2.60. The van der Waals surface area contributed by atoms with Crippen molar-refractivity contribution < 1.29 is 4.79 Å². The van der Waals surface area contributed by atoms with E-state index in [1.807, 2.05) is 22.4 Å². The smallest absolute Gasteiger partial charge is 0.263 e. The van der Waals surface area contributed by atoms with E-state index < -0.39 is 0 Å². The standard InChI is InChI=1S/C14H18N4OS/c1-2-12-15-13(17-16-12)10-5-7-18(8-6-10)14(19)11-4-3-9-20-11/h3-4,9-10H,2,5-8H2,1H3,(H,15,16,17). The maximum absolute atomic E-state index is 12.3. The largest absolute Gasteiger partial charge is 0.338 e. The molecule has 0 spiro atoms. The zero-order valence-corrected chi connectivity index (χ0v) is 12.3. The van der Waals surface area contributed by atoms with Crippen molar-refractivity contribution in [1.82, 2.24) is 20.1 Å². The highest BCUT2D eigenvalue weighted by Gasteiger charge is 2.27. The lowest BCUT2D eigenvalue weighted by molar-refractivity contribution is 0.0716. The molecule has 3 heterocycles. The Kier molecular flexibility index (Phi) is 3.82. The van der Waals surface area contributed by atoms with E-state index in [2.05, 4.69) is 22.1 Å². The van der Waals surface area contributed by atoms with E-state index in [1.165, 1.54) is 11.3 Å². The van der Waals surface area contributed by atoms with Crippen LogP contribution >= 0.6 is 11.3 Å². The highest BCUT2D eigenvalue weighted by molar-refractivity contribution is 7.12. The van der Waals surface area contributed by atoms with Crippen LogP contribution in [0.4, 0.5) is 0 Å². The minimum absolute atomic E-state index is 0.155. The molecule has 1 N–H and O–H groups in total. The first-order valence-electron chi connectivity index (χ1n) is 7.02. The number of carbonyl (C=O) groups is 1. The second-order valence-electron chi connectivity index (χ2n) is 5.04. The van der Waals surface area contributed by atoms with Crippen LogP contribution in [0.1, 0.15) is 47.0 Å². The minimum atomic E-state index is 0.155. The SMILES string of the molecule is CCc1nc(C2CCN(C(=O)c3cccs3)CC2)n[nH]1. The van der Waals surface area contributed by atoms with Gasteiger partial charge in [0.1, 0.15) is 5.82 Å². The number of carbonyl (C=O) groups excluding carboxylic acids is 1. The molecule has 3 rings (SSSR count). The zero-order valence-electron chi connectivity index (χ0n) is 11.5. The predicted molar refractivity (Wildman–Crippen MR) is 78.0 cm³/mol. The third-order valence-electron chi connectivity index (χ3n) is 3.76. The predicted octanol–water partition coefficient (Wildman–Crippen LogP) is 2.45. The van der Waals surface area contributed by atoms with Gasteiger partial charge in [-0.3, -0.25) is 9.89 Å². The van der Waals surface area contributed by atoms with Crippen LogP contribution in [0.5, 0.6) is 0 Å². The van der Waals surface area contributed by atoms with Gasteiger partial charge in [0.25, 0.3) is 5.91 Å². The fraction of sp³-hybridized carbons (Fsp3) is 0.500. The molecule has 106 valence electrons. The van der Waals surface area contributed by atoms with Gasteiger partial charge in [0.05, 0.1) is 4.88 Å². The first-order valence-corrected chi connectivity index (χ1v) is 7.90. The number of H-pyrrole nitrogens is 1. The summed E-state index contributed by atoms with van der Waals surface area (Å²) in [7, 11) is 0. The van der Waals surface area contributed by atoms with Gasteiger partial charge in [-0.2, -0.15) is 5.10 Å². The van der Waals surface area contributed by atoms with E-state index in [1.54, 1.807) is 0 Å². The molecule has 1 amide bonds. The maximum atomic E-state index is 12.3. The number of hydrogen-bond acceptors (Lipinski definition) is 4. The number of aryl methyl sites for hydroxylation is 1. The van der Waals surface area contributed by atoms with Gasteiger partial charge in [-0.1, -0.05) is 13.0 Å². The van der Waals surface area contributed by atoms with E-state index in [0.29, 0.717) is 5.92 Å². The minimum Gasteiger partial charge on any atom is -0.338 e. The molecule has 0 aromatic carbocycles. The summed E-state index contributed by atoms with van der Waals surface area (Å²) in [6.07, 6.45) is 2.76.